The molecule has 0 spiro atoms. The molecule has 0 bridgehead atoms. The normalized spacial score (nSPS) is 14.4. The van der Waals surface area contributed by atoms with E-state index < -0.39 is 28.1 Å². The first-order valence-corrected chi connectivity index (χ1v) is 12.6. The highest BCUT2D eigenvalue weighted by Gasteiger charge is 2.38. The standard InChI is InChI=1S/C21H27N3O5S.C2HF3O2/c1-3-10-23-11-13-24(14-12-23)20-9-4-16(21(25)26)15-19(20)22-30(27,28)18-7-5-17(29-2)6-8-18;3-2(4,5)1(6)7/h4-9,15,22H,3,10-14H2,1-2H3,(H,25,26);(H,6,7). The van der Waals surface area contributed by atoms with Crippen LogP contribution in [0.25, 0.3) is 0 Å². The third kappa shape index (κ3) is 8.53. The number of hydrogen-bond donors (Lipinski definition) is 3. The molecule has 1 fully saturated rings. The zero-order valence-corrected chi connectivity index (χ0v) is 21.0. The van der Waals surface area contributed by atoms with Crippen molar-refractivity contribution in [1.82, 2.24) is 4.90 Å². The summed E-state index contributed by atoms with van der Waals surface area (Å²) in [5.41, 5.74) is 0.957. The Morgan fingerprint density at radius 2 is 1.59 bits per heavy atom. The second kappa shape index (κ2) is 12.6. The molecule has 0 aliphatic carbocycles. The van der Waals surface area contributed by atoms with Gasteiger partial charge in [-0.05, 0) is 55.4 Å². The van der Waals surface area contributed by atoms with Crippen molar-refractivity contribution in [2.24, 2.45) is 0 Å². The van der Waals surface area contributed by atoms with Crippen molar-refractivity contribution in [2.45, 2.75) is 24.4 Å². The molecule has 10 nitrogen and oxygen atoms in total. The maximum atomic E-state index is 12.9. The number of carboxylic acid groups (broad SMARTS) is 2. The monoisotopic (exact) mass is 547 g/mol. The van der Waals surface area contributed by atoms with Crippen LogP contribution >= 0.6 is 0 Å². The van der Waals surface area contributed by atoms with Gasteiger partial charge in [0, 0.05) is 26.2 Å². The molecule has 0 saturated carbocycles. The summed E-state index contributed by atoms with van der Waals surface area (Å²) in [4.78, 5) is 24.9. The number of aliphatic carboxylic acids is 1. The predicted molar refractivity (Wildman–Crippen MR) is 130 cm³/mol. The zero-order valence-electron chi connectivity index (χ0n) is 20.2. The highest BCUT2D eigenvalue weighted by Crippen LogP contribution is 2.31. The van der Waals surface area contributed by atoms with E-state index in [0.717, 1.165) is 39.1 Å². The van der Waals surface area contributed by atoms with Crippen LogP contribution in [-0.2, 0) is 14.8 Å². The Morgan fingerprint density at radius 3 is 2.05 bits per heavy atom. The number of sulfonamides is 1. The van der Waals surface area contributed by atoms with Crippen molar-refractivity contribution in [3.63, 3.8) is 0 Å². The molecule has 0 aromatic heterocycles. The number of alkyl halides is 3. The predicted octanol–water partition coefficient (Wildman–Crippen LogP) is 3.36. The van der Waals surface area contributed by atoms with Gasteiger partial charge < -0.3 is 19.8 Å². The topological polar surface area (TPSA) is 136 Å². The number of halogens is 3. The number of benzene rings is 2. The van der Waals surface area contributed by atoms with Crippen molar-refractivity contribution >= 4 is 33.3 Å². The molecule has 1 heterocycles. The fourth-order valence-electron chi connectivity index (χ4n) is 3.51. The van der Waals surface area contributed by atoms with Crippen LogP contribution in [0.3, 0.4) is 0 Å². The Balaban J connectivity index is 0.000000604. The van der Waals surface area contributed by atoms with E-state index in [1.54, 1.807) is 18.2 Å². The van der Waals surface area contributed by atoms with Gasteiger partial charge in [-0.15, -0.1) is 0 Å². The van der Waals surface area contributed by atoms with Gasteiger partial charge in [0.15, 0.2) is 0 Å². The highest BCUT2D eigenvalue weighted by atomic mass is 32.2. The molecule has 1 saturated heterocycles. The lowest BCUT2D eigenvalue weighted by atomic mass is 10.1. The Kier molecular flexibility index (Phi) is 10.1. The molecule has 14 heteroatoms. The first-order chi connectivity index (χ1) is 17.3. The van der Waals surface area contributed by atoms with Crippen LogP contribution in [-0.4, -0.2) is 81.5 Å². The molecule has 0 atom stereocenters. The van der Waals surface area contributed by atoms with E-state index in [1.807, 2.05) is 0 Å². The number of nitrogens with zero attached hydrogens (tertiary/aromatic N) is 2. The lowest BCUT2D eigenvalue weighted by Crippen LogP contribution is -2.46. The summed E-state index contributed by atoms with van der Waals surface area (Å²) in [6.07, 6.45) is -4.00. The first kappa shape index (κ1) is 29.7. The number of hydrogen-bond acceptors (Lipinski definition) is 7. The molecular formula is C23H28F3N3O7S. The van der Waals surface area contributed by atoms with Crippen LogP contribution in [0.4, 0.5) is 24.5 Å². The number of carboxylic acids is 2. The van der Waals surface area contributed by atoms with Crippen LogP contribution in [0.2, 0.25) is 0 Å². The van der Waals surface area contributed by atoms with Gasteiger partial charge >= 0.3 is 18.1 Å². The van der Waals surface area contributed by atoms with E-state index in [9.17, 15) is 31.5 Å². The van der Waals surface area contributed by atoms with Crippen molar-refractivity contribution < 1.29 is 46.1 Å². The number of ether oxygens (including phenoxy) is 1. The van der Waals surface area contributed by atoms with Crippen molar-refractivity contribution in [3.05, 3.63) is 48.0 Å². The molecule has 0 unspecified atom stereocenters. The smallest absolute Gasteiger partial charge is 0.490 e. The fourth-order valence-corrected chi connectivity index (χ4v) is 4.58. The van der Waals surface area contributed by atoms with E-state index in [2.05, 4.69) is 21.4 Å². The van der Waals surface area contributed by atoms with Gasteiger partial charge in [-0.25, -0.2) is 18.0 Å². The van der Waals surface area contributed by atoms with Gasteiger partial charge in [-0.1, -0.05) is 6.92 Å². The van der Waals surface area contributed by atoms with Gasteiger partial charge in [0.1, 0.15) is 5.75 Å². The third-order valence-electron chi connectivity index (χ3n) is 5.35. The van der Waals surface area contributed by atoms with E-state index in [1.165, 1.54) is 31.4 Å². The maximum absolute atomic E-state index is 12.9. The fraction of sp³-hybridized carbons (Fsp3) is 0.391. The Morgan fingerprint density at radius 1 is 1.03 bits per heavy atom. The average molecular weight is 548 g/mol. The molecule has 3 rings (SSSR count). The minimum Gasteiger partial charge on any atom is -0.497 e. The molecule has 1 aliphatic rings. The Labute approximate surface area is 212 Å². The molecule has 0 radical (unpaired) electrons. The van der Waals surface area contributed by atoms with Gasteiger partial charge in [0.05, 0.1) is 28.9 Å². The largest absolute Gasteiger partial charge is 0.497 e. The quantitative estimate of drug-likeness (QED) is 0.454. The number of anilines is 2. The number of carbonyl (C=O) groups is 2. The van der Waals surface area contributed by atoms with Crippen LogP contribution in [0.5, 0.6) is 5.75 Å². The molecule has 204 valence electrons. The summed E-state index contributed by atoms with van der Waals surface area (Å²) >= 11 is 0. The summed E-state index contributed by atoms with van der Waals surface area (Å²) in [6.45, 7) is 6.40. The molecule has 3 N–H and O–H groups in total. The second-order valence-electron chi connectivity index (χ2n) is 7.95. The van der Waals surface area contributed by atoms with Crippen molar-refractivity contribution in [1.29, 1.82) is 0 Å². The second-order valence-corrected chi connectivity index (χ2v) is 9.63. The van der Waals surface area contributed by atoms with E-state index >= 15 is 0 Å². The lowest BCUT2D eigenvalue weighted by molar-refractivity contribution is -0.192. The van der Waals surface area contributed by atoms with E-state index in [-0.39, 0.29) is 16.1 Å². The van der Waals surface area contributed by atoms with Gasteiger partial charge in [0.2, 0.25) is 0 Å². The minimum absolute atomic E-state index is 0.0239. The van der Waals surface area contributed by atoms with Crippen LogP contribution in [0.15, 0.2) is 47.4 Å². The Hall–Kier alpha value is -3.52. The van der Waals surface area contributed by atoms with Gasteiger partial charge in [-0.2, -0.15) is 13.2 Å². The lowest BCUT2D eigenvalue weighted by Gasteiger charge is -2.37. The minimum atomic E-state index is -5.08. The summed E-state index contributed by atoms with van der Waals surface area (Å²) in [7, 11) is -2.39. The molecule has 2 aromatic carbocycles. The molecule has 37 heavy (non-hydrogen) atoms. The molecular weight excluding hydrogens is 519 g/mol. The van der Waals surface area contributed by atoms with Crippen LogP contribution < -0.4 is 14.4 Å². The SMILES string of the molecule is CCCN1CCN(c2ccc(C(=O)O)cc2NS(=O)(=O)c2ccc(OC)cc2)CC1.O=C(O)C(F)(F)F. The molecule has 0 amide bonds. The van der Waals surface area contributed by atoms with Gasteiger partial charge in [-0.3, -0.25) is 9.62 Å². The zero-order chi connectivity index (χ0) is 27.8. The van der Waals surface area contributed by atoms with E-state index in [4.69, 9.17) is 14.6 Å². The number of methoxy groups -OCH3 is 1. The van der Waals surface area contributed by atoms with Crippen LogP contribution in [0, 0.1) is 0 Å². The van der Waals surface area contributed by atoms with Crippen molar-refractivity contribution in [3.8, 4) is 5.75 Å². The third-order valence-corrected chi connectivity index (χ3v) is 6.73. The number of nitrogens with one attached hydrogen (secondary N) is 1. The summed E-state index contributed by atoms with van der Waals surface area (Å²) in [5.74, 6) is -3.32. The van der Waals surface area contributed by atoms with Crippen LogP contribution in [0.1, 0.15) is 23.7 Å². The summed E-state index contributed by atoms with van der Waals surface area (Å²) in [5, 5.41) is 16.5. The maximum Gasteiger partial charge on any atom is 0.490 e. The summed E-state index contributed by atoms with van der Waals surface area (Å²) in [6, 6.07) is 10.6. The Bertz CT molecular complexity index is 1180. The highest BCUT2D eigenvalue weighted by molar-refractivity contribution is 7.92. The van der Waals surface area contributed by atoms with E-state index in [0.29, 0.717) is 11.4 Å². The first-order valence-electron chi connectivity index (χ1n) is 11.1. The van der Waals surface area contributed by atoms with Crippen molar-refractivity contribution in [2.75, 3.05) is 49.5 Å². The number of rotatable bonds is 8. The van der Waals surface area contributed by atoms with Gasteiger partial charge in [0.25, 0.3) is 10.0 Å². The molecule has 2 aromatic rings. The number of aromatic carboxylic acids is 1. The molecule has 1 aliphatic heterocycles. The number of piperazine rings is 1. The average Bonchev–Trinajstić information content (AvgIpc) is 2.84. The summed E-state index contributed by atoms with van der Waals surface area (Å²) < 4.78 is 65.3.